The van der Waals surface area contributed by atoms with Crippen molar-refractivity contribution in [2.45, 2.75) is 31.3 Å². The number of nitrogens with zero attached hydrogens (tertiary/aromatic N) is 6. The van der Waals surface area contributed by atoms with Crippen molar-refractivity contribution < 1.29 is 0 Å². The van der Waals surface area contributed by atoms with Crippen molar-refractivity contribution in [3.63, 3.8) is 0 Å². The van der Waals surface area contributed by atoms with Crippen molar-refractivity contribution in [3.8, 4) is 11.8 Å². The van der Waals surface area contributed by atoms with Crippen LogP contribution in [0.2, 0.25) is 0 Å². The Hall–Kier alpha value is -2.52. The molecule has 0 N–H and O–H groups in total. The highest BCUT2D eigenvalue weighted by atomic mass is 15.5. The number of piperidine rings is 1. The first kappa shape index (κ1) is 15.4. The molecule has 6 heteroatoms. The fraction of sp³-hybridized carbons (Fsp3) is 0.412. The van der Waals surface area contributed by atoms with Gasteiger partial charge in [0, 0.05) is 19.6 Å². The number of aliphatic imine (C=N–C) groups is 1. The number of benzene rings is 1. The lowest BCUT2D eigenvalue weighted by Crippen LogP contribution is -2.42. The van der Waals surface area contributed by atoms with Crippen LogP contribution in [0.3, 0.4) is 0 Å². The summed E-state index contributed by atoms with van der Waals surface area (Å²) >= 11 is 0. The van der Waals surface area contributed by atoms with Gasteiger partial charge in [-0.3, -0.25) is 9.89 Å². The molecule has 0 unspecified atom stereocenters. The van der Waals surface area contributed by atoms with Gasteiger partial charge in [0.2, 0.25) is 0 Å². The Labute approximate surface area is 136 Å². The van der Waals surface area contributed by atoms with E-state index in [1.165, 1.54) is 5.56 Å². The molecule has 1 aliphatic heterocycles. The van der Waals surface area contributed by atoms with E-state index >= 15 is 0 Å². The van der Waals surface area contributed by atoms with E-state index in [4.69, 9.17) is 5.26 Å². The first-order valence-electron chi connectivity index (χ1n) is 7.77. The molecule has 2 aromatic rings. The van der Waals surface area contributed by atoms with E-state index in [0.29, 0.717) is 6.42 Å². The lowest BCUT2D eigenvalue weighted by Gasteiger charge is -2.37. The summed E-state index contributed by atoms with van der Waals surface area (Å²) in [6, 6.07) is 10.5. The molecule has 1 saturated heterocycles. The van der Waals surface area contributed by atoms with E-state index in [9.17, 15) is 0 Å². The third kappa shape index (κ3) is 3.46. The van der Waals surface area contributed by atoms with E-state index in [0.717, 1.165) is 38.2 Å². The maximum atomic E-state index is 8.96. The van der Waals surface area contributed by atoms with Crippen molar-refractivity contribution in [2.24, 2.45) is 4.99 Å². The van der Waals surface area contributed by atoms with Crippen LogP contribution in [0.25, 0.3) is 5.69 Å². The summed E-state index contributed by atoms with van der Waals surface area (Å²) in [7, 11) is 0. The molecular formula is C17H20N6. The number of aromatic nitrogens is 3. The van der Waals surface area contributed by atoms with Crippen LogP contribution in [0.5, 0.6) is 0 Å². The van der Waals surface area contributed by atoms with Crippen LogP contribution >= 0.6 is 0 Å². The fourth-order valence-corrected chi connectivity index (χ4v) is 3.01. The van der Waals surface area contributed by atoms with Crippen molar-refractivity contribution in [1.82, 2.24) is 19.9 Å². The van der Waals surface area contributed by atoms with E-state index in [1.54, 1.807) is 17.2 Å². The minimum absolute atomic E-state index is 0.235. The van der Waals surface area contributed by atoms with Gasteiger partial charge in [-0.1, -0.05) is 12.1 Å². The normalized spacial score (nSPS) is 17.5. The lowest BCUT2D eigenvalue weighted by molar-refractivity contribution is 0.159. The highest BCUT2D eigenvalue weighted by Gasteiger charge is 2.33. The zero-order chi connectivity index (χ0) is 16.1. The molecule has 2 heterocycles. The van der Waals surface area contributed by atoms with Gasteiger partial charge in [-0.25, -0.2) is 0 Å². The summed E-state index contributed by atoms with van der Waals surface area (Å²) in [6.07, 6.45) is 5.61. The molecule has 3 rings (SSSR count). The highest BCUT2D eigenvalue weighted by molar-refractivity contribution is 5.32. The van der Waals surface area contributed by atoms with Crippen molar-refractivity contribution in [1.29, 1.82) is 5.26 Å². The Morgan fingerprint density at radius 1 is 1.17 bits per heavy atom. The number of hydrogen-bond donors (Lipinski definition) is 0. The van der Waals surface area contributed by atoms with Crippen LogP contribution in [0.1, 0.15) is 24.8 Å². The van der Waals surface area contributed by atoms with Crippen LogP contribution in [0.15, 0.2) is 41.7 Å². The monoisotopic (exact) mass is 308 g/mol. The summed E-state index contributed by atoms with van der Waals surface area (Å²) in [4.78, 5) is 8.25. The third-order valence-corrected chi connectivity index (χ3v) is 4.52. The molecule has 1 aromatic heterocycles. The number of nitriles is 1. The van der Waals surface area contributed by atoms with Crippen LogP contribution < -0.4 is 0 Å². The molecule has 118 valence electrons. The third-order valence-electron chi connectivity index (χ3n) is 4.52. The molecule has 1 aliphatic rings. The largest absolute Gasteiger partial charge is 0.299 e. The number of rotatable bonds is 5. The Kier molecular flexibility index (Phi) is 4.49. The topological polar surface area (TPSA) is 70.1 Å². The standard InChI is InChI=1S/C17H20N6/c1-19-17(6-9-18)7-12-22(13-8-17)14-15-2-4-16(5-3-15)23-20-10-11-21-23/h2-5,10-11H,1,6-8,12-14H2. The lowest BCUT2D eigenvalue weighted by atomic mass is 9.85. The van der Waals surface area contributed by atoms with Gasteiger partial charge in [0.15, 0.2) is 0 Å². The van der Waals surface area contributed by atoms with Gasteiger partial charge in [-0.2, -0.15) is 20.3 Å². The van der Waals surface area contributed by atoms with Crippen molar-refractivity contribution in [2.75, 3.05) is 13.1 Å². The van der Waals surface area contributed by atoms with E-state index in [-0.39, 0.29) is 5.54 Å². The molecule has 6 nitrogen and oxygen atoms in total. The molecule has 0 spiro atoms. The second kappa shape index (κ2) is 6.71. The zero-order valence-corrected chi connectivity index (χ0v) is 13.1. The summed E-state index contributed by atoms with van der Waals surface area (Å²) in [5.74, 6) is 0. The summed E-state index contributed by atoms with van der Waals surface area (Å²) in [6.45, 7) is 6.49. The molecule has 0 radical (unpaired) electrons. The molecule has 0 aliphatic carbocycles. The van der Waals surface area contributed by atoms with Gasteiger partial charge in [0.05, 0.1) is 36.1 Å². The smallest absolute Gasteiger partial charge is 0.0856 e. The minimum atomic E-state index is -0.235. The molecule has 0 atom stereocenters. The molecule has 1 aromatic carbocycles. The van der Waals surface area contributed by atoms with Gasteiger partial charge in [-0.05, 0) is 37.3 Å². The predicted molar refractivity (Wildman–Crippen MR) is 88.4 cm³/mol. The first-order chi connectivity index (χ1) is 11.2. The molecule has 1 fully saturated rings. The zero-order valence-electron chi connectivity index (χ0n) is 13.1. The van der Waals surface area contributed by atoms with Gasteiger partial charge >= 0.3 is 0 Å². The SMILES string of the molecule is C=NC1(CC#N)CCN(Cc2ccc(-n3nccn3)cc2)CC1. The summed E-state index contributed by atoms with van der Waals surface area (Å²) in [5.41, 5.74) is 1.99. The van der Waals surface area contributed by atoms with Gasteiger partial charge in [0.25, 0.3) is 0 Å². The Morgan fingerprint density at radius 2 is 1.83 bits per heavy atom. The van der Waals surface area contributed by atoms with Crippen LogP contribution in [0.4, 0.5) is 0 Å². The van der Waals surface area contributed by atoms with Crippen molar-refractivity contribution in [3.05, 3.63) is 42.2 Å². The summed E-state index contributed by atoms with van der Waals surface area (Å²) < 4.78 is 0. The molecular weight excluding hydrogens is 288 g/mol. The maximum Gasteiger partial charge on any atom is 0.0856 e. The van der Waals surface area contributed by atoms with Gasteiger partial charge in [-0.15, -0.1) is 0 Å². The molecule has 23 heavy (non-hydrogen) atoms. The van der Waals surface area contributed by atoms with Crippen LogP contribution in [0, 0.1) is 11.3 Å². The van der Waals surface area contributed by atoms with E-state index in [2.05, 4.69) is 45.0 Å². The predicted octanol–water partition coefficient (Wildman–Crippen LogP) is 2.22. The highest BCUT2D eigenvalue weighted by Crippen LogP contribution is 2.29. The number of hydrogen-bond acceptors (Lipinski definition) is 5. The quantitative estimate of drug-likeness (QED) is 0.794. The molecule has 0 bridgehead atoms. The Balaban J connectivity index is 1.59. The second-order valence-electron chi connectivity index (χ2n) is 5.98. The Bertz CT molecular complexity index is 675. The fourth-order valence-electron chi connectivity index (χ4n) is 3.01. The summed E-state index contributed by atoms with van der Waals surface area (Å²) in [5, 5.41) is 17.2. The average Bonchev–Trinajstić information content (AvgIpc) is 3.12. The van der Waals surface area contributed by atoms with E-state index in [1.807, 2.05) is 12.1 Å². The minimum Gasteiger partial charge on any atom is -0.299 e. The van der Waals surface area contributed by atoms with Crippen molar-refractivity contribution >= 4 is 6.72 Å². The van der Waals surface area contributed by atoms with Crippen LogP contribution in [-0.4, -0.2) is 45.2 Å². The molecule has 0 amide bonds. The van der Waals surface area contributed by atoms with E-state index < -0.39 is 0 Å². The van der Waals surface area contributed by atoms with Crippen LogP contribution in [-0.2, 0) is 6.54 Å². The van der Waals surface area contributed by atoms with Gasteiger partial charge in [0.1, 0.15) is 0 Å². The Morgan fingerprint density at radius 3 is 2.39 bits per heavy atom. The first-order valence-corrected chi connectivity index (χ1v) is 7.77. The average molecular weight is 308 g/mol. The number of likely N-dealkylation sites (tertiary alicyclic amines) is 1. The second-order valence-corrected chi connectivity index (χ2v) is 5.98. The van der Waals surface area contributed by atoms with Gasteiger partial charge < -0.3 is 0 Å². The molecule has 0 saturated carbocycles. The maximum absolute atomic E-state index is 8.96.